The van der Waals surface area contributed by atoms with Crippen molar-refractivity contribution in [3.8, 4) is 0 Å². The van der Waals surface area contributed by atoms with Crippen molar-refractivity contribution in [1.29, 1.82) is 0 Å². The van der Waals surface area contributed by atoms with Crippen molar-refractivity contribution in [2.75, 3.05) is 80.8 Å². The fourth-order valence-electron chi connectivity index (χ4n) is 9.67. The molecule has 2 aliphatic heterocycles. The quantitative estimate of drug-likeness (QED) is 0.0570. The van der Waals surface area contributed by atoms with Crippen LogP contribution in [0.2, 0.25) is 0 Å². The highest BCUT2D eigenvalue weighted by Crippen LogP contribution is 2.29. The minimum absolute atomic E-state index is 0.0731. The van der Waals surface area contributed by atoms with E-state index < -0.39 is 83.0 Å². The molecular weight excluding hydrogens is 1030 g/mol. The monoisotopic (exact) mass is 1090 g/mol. The van der Waals surface area contributed by atoms with Crippen molar-refractivity contribution in [2.45, 2.75) is 25.7 Å². The Hall–Kier alpha value is -9.20. The first-order chi connectivity index (χ1) is 38.6. The summed E-state index contributed by atoms with van der Waals surface area (Å²) in [7, 11) is 5.18. The number of hydrogen-bond acceptors (Lipinski definition) is 14. The summed E-state index contributed by atoms with van der Waals surface area (Å²) in [6, 6.07) is 33.0. The number of nitrogens with zero attached hydrogens (tertiary/aromatic N) is 2. The molecule has 2 heterocycles. The summed E-state index contributed by atoms with van der Waals surface area (Å²) in [6.07, 6.45) is 1.69. The predicted octanol–water partition coefficient (Wildman–Crippen LogP) is 3.65. The summed E-state index contributed by atoms with van der Waals surface area (Å²) in [5, 5.41) is 11.7. The molecule has 7 rings (SSSR count). The minimum Gasteiger partial charge on any atom is -0.465 e. The zero-order valence-electron chi connectivity index (χ0n) is 45.0. The number of hydrogen-bond donors (Lipinski definition) is 4. The molecule has 20 heteroatoms. The maximum Gasteiger partial charge on any atom is 0.337 e. The SMILES string of the molecule is COC(=O)c1ccc(CCNC(=O)[C@@H]2CN(C(=O)c3ccc(C(=O)N4C[C@@H](C(=O)NCCc5ccc(C(=O)OC)cc5)[C@H](C(=O)NCCc5ccc(C(=O)OC)cc5)C4)cc3)C[C@H]2C(=O)NCCc2ccc(C(=O)OC)cc2)cc1. The molecule has 4 N–H and O–H groups in total. The number of methoxy groups -OCH3 is 4. The second-order valence-electron chi connectivity index (χ2n) is 19.3. The van der Waals surface area contributed by atoms with Crippen molar-refractivity contribution in [3.63, 3.8) is 0 Å². The van der Waals surface area contributed by atoms with Gasteiger partial charge in [-0.3, -0.25) is 28.8 Å². The second kappa shape index (κ2) is 27.9. The molecule has 5 aromatic rings. The molecule has 0 aromatic heterocycles. The van der Waals surface area contributed by atoms with Gasteiger partial charge in [-0.05, 0) is 121 Å². The van der Waals surface area contributed by atoms with Gasteiger partial charge in [-0.15, -0.1) is 0 Å². The van der Waals surface area contributed by atoms with Crippen molar-refractivity contribution in [2.24, 2.45) is 23.7 Å². The molecule has 0 aliphatic carbocycles. The lowest BCUT2D eigenvalue weighted by Crippen LogP contribution is -2.42. The molecule has 80 heavy (non-hydrogen) atoms. The fourth-order valence-corrected chi connectivity index (χ4v) is 9.67. The number of ether oxygens (including phenoxy) is 4. The lowest BCUT2D eigenvalue weighted by molar-refractivity contribution is -0.132. The molecule has 2 saturated heterocycles. The number of likely N-dealkylation sites (tertiary alicyclic amines) is 2. The normalized spacial score (nSPS) is 16.4. The standard InChI is InChI=1S/C60H64N6O14/c1-77-57(73)43-13-5-37(6-14-43)25-29-61-51(67)47-33-65(34-48(47)52(68)62-30-26-38-7-15-44(16-8-38)58(74)78-2)55(71)41-21-23-42(24-22-41)56(72)66-35-49(53(69)63-31-27-39-9-17-45(18-10-39)59(75)79-3)50(36-66)54(70)64-32-28-40-11-19-46(20-12-40)60(76)80-4/h5-24,47-50H,25-36H2,1-4H3,(H,61,67)(H,62,68)(H,63,69)(H,64,70)/t47-,48-,49-,50-/m1/s1. The van der Waals surface area contributed by atoms with E-state index in [1.807, 2.05) is 0 Å². The van der Waals surface area contributed by atoms with E-state index in [1.54, 1.807) is 97.1 Å². The van der Waals surface area contributed by atoms with E-state index in [0.29, 0.717) is 47.9 Å². The molecule has 4 atom stereocenters. The third-order valence-corrected chi connectivity index (χ3v) is 14.3. The highest BCUT2D eigenvalue weighted by molar-refractivity contribution is 6.00. The Bertz CT molecular complexity index is 2680. The van der Waals surface area contributed by atoms with E-state index in [-0.39, 0.29) is 63.5 Å². The molecule has 0 bridgehead atoms. The molecule has 20 nitrogen and oxygen atoms in total. The first kappa shape index (κ1) is 58.5. The van der Waals surface area contributed by atoms with Crippen LogP contribution in [-0.2, 0) is 63.8 Å². The van der Waals surface area contributed by atoms with Crippen molar-refractivity contribution in [1.82, 2.24) is 31.1 Å². The van der Waals surface area contributed by atoms with Crippen LogP contribution in [0.5, 0.6) is 0 Å². The number of benzene rings is 5. The third-order valence-electron chi connectivity index (χ3n) is 14.3. The molecule has 0 unspecified atom stereocenters. The first-order valence-electron chi connectivity index (χ1n) is 26.1. The molecule has 2 fully saturated rings. The molecule has 2 aliphatic rings. The lowest BCUT2D eigenvalue weighted by Gasteiger charge is -2.18. The van der Waals surface area contributed by atoms with Crippen LogP contribution in [0.4, 0.5) is 0 Å². The molecule has 418 valence electrons. The highest BCUT2D eigenvalue weighted by atomic mass is 16.5. The van der Waals surface area contributed by atoms with E-state index in [9.17, 15) is 47.9 Å². The maximum atomic E-state index is 14.2. The average Bonchev–Trinajstić information content (AvgIpc) is 4.17. The Morgan fingerprint density at radius 3 is 0.700 bits per heavy atom. The zero-order valence-corrected chi connectivity index (χ0v) is 45.0. The fraction of sp³-hybridized carbons (Fsp3) is 0.333. The van der Waals surface area contributed by atoms with Crippen LogP contribution in [-0.4, -0.2) is 150 Å². The van der Waals surface area contributed by atoms with Gasteiger partial charge in [0, 0.05) is 63.5 Å². The summed E-state index contributed by atoms with van der Waals surface area (Å²) in [6.45, 7) is 0.563. The lowest BCUT2D eigenvalue weighted by atomic mass is 9.94. The van der Waals surface area contributed by atoms with Crippen LogP contribution < -0.4 is 21.3 Å². The van der Waals surface area contributed by atoms with Crippen LogP contribution in [0.25, 0.3) is 0 Å². The van der Waals surface area contributed by atoms with Crippen LogP contribution in [0.3, 0.4) is 0 Å². The van der Waals surface area contributed by atoms with E-state index >= 15 is 0 Å². The Kier molecular flexibility index (Phi) is 20.4. The Morgan fingerprint density at radius 2 is 0.512 bits per heavy atom. The summed E-state index contributed by atoms with van der Waals surface area (Å²) >= 11 is 0. The van der Waals surface area contributed by atoms with Gasteiger partial charge in [0.05, 0.1) is 74.4 Å². The van der Waals surface area contributed by atoms with Gasteiger partial charge in [-0.25, -0.2) is 19.2 Å². The summed E-state index contributed by atoms with van der Waals surface area (Å²) in [4.78, 5) is 134. The largest absolute Gasteiger partial charge is 0.465 e. The highest BCUT2D eigenvalue weighted by Gasteiger charge is 2.45. The number of rotatable bonds is 22. The van der Waals surface area contributed by atoms with Gasteiger partial charge in [-0.1, -0.05) is 48.5 Å². The minimum atomic E-state index is -0.912. The molecule has 0 radical (unpaired) electrons. The number of carbonyl (C=O) groups excluding carboxylic acids is 10. The second-order valence-corrected chi connectivity index (χ2v) is 19.3. The van der Waals surface area contributed by atoms with Gasteiger partial charge < -0.3 is 50.0 Å². The summed E-state index contributed by atoms with van der Waals surface area (Å²) in [5.41, 5.74) is 5.32. The maximum absolute atomic E-state index is 14.2. The zero-order chi connectivity index (χ0) is 57.3. The number of nitrogens with one attached hydrogen (secondary N) is 4. The molecule has 5 aromatic carbocycles. The Balaban J connectivity index is 1.00. The van der Waals surface area contributed by atoms with Crippen LogP contribution in [0.15, 0.2) is 121 Å². The van der Waals surface area contributed by atoms with Crippen molar-refractivity contribution in [3.05, 3.63) is 177 Å². The predicted molar refractivity (Wildman–Crippen MR) is 290 cm³/mol. The van der Waals surface area contributed by atoms with Gasteiger partial charge >= 0.3 is 23.9 Å². The van der Waals surface area contributed by atoms with E-state index in [4.69, 9.17) is 18.9 Å². The molecular formula is C60H64N6O14. The van der Waals surface area contributed by atoms with Crippen molar-refractivity contribution < 1.29 is 66.9 Å². The Morgan fingerprint density at radius 1 is 0.325 bits per heavy atom. The Labute approximate surface area is 462 Å². The van der Waals surface area contributed by atoms with E-state index in [2.05, 4.69) is 21.3 Å². The summed E-state index contributed by atoms with van der Waals surface area (Å²) in [5.74, 6) is -8.17. The smallest absolute Gasteiger partial charge is 0.337 e. The van der Waals surface area contributed by atoms with Gasteiger partial charge in [-0.2, -0.15) is 0 Å². The van der Waals surface area contributed by atoms with Gasteiger partial charge in [0.1, 0.15) is 0 Å². The third kappa shape index (κ3) is 15.1. The van der Waals surface area contributed by atoms with Crippen molar-refractivity contribution >= 4 is 59.3 Å². The van der Waals surface area contributed by atoms with Gasteiger partial charge in [0.2, 0.25) is 23.6 Å². The molecule has 0 spiro atoms. The average molecular weight is 1090 g/mol. The van der Waals surface area contributed by atoms with Crippen LogP contribution in [0.1, 0.15) is 84.4 Å². The van der Waals surface area contributed by atoms with Crippen LogP contribution >= 0.6 is 0 Å². The van der Waals surface area contributed by atoms with E-state index in [0.717, 1.165) is 22.3 Å². The van der Waals surface area contributed by atoms with E-state index in [1.165, 1.54) is 62.5 Å². The number of amides is 6. The molecule has 6 amide bonds. The van der Waals surface area contributed by atoms with Crippen LogP contribution in [0, 0.1) is 23.7 Å². The number of carbonyl (C=O) groups is 10. The molecule has 0 saturated carbocycles. The first-order valence-corrected chi connectivity index (χ1v) is 26.1. The summed E-state index contributed by atoms with van der Waals surface area (Å²) < 4.78 is 19.1. The van der Waals surface area contributed by atoms with Gasteiger partial charge in [0.25, 0.3) is 11.8 Å². The number of esters is 4. The topological polar surface area (TPSA) is 262 Å². The van der Waals surface area contributed by atoms with Gasteiger partial charge in [0.15, 0.2) is 0 Å².